The first-order valence-corrected chi connectivity index (χ1v) is 6.76. The predicted octanol–water partition coefficient (Wildman–Crippen LogP) is 0.518. The number of ether oxygens (including phenoxy) is 1. The quantitative estimate of drug-likeness (QED) is 0.425. The van der Waals surface area contributed by atoms with Gasteiger partial charge in [0.25, 0.3) is 0 Å². The van der Waals surface area contributed by atoms with Crippen molar-refractivity contribution in [2.24, 2.45) is 11.0 Å². The Morgan fingerprint density at radius 2 is 2.39 bits per heavy atom. The van der Waals surface area contributed by atoms with Gasteiger partial charge in [0.1, 0.15) is 17.9 Å². The zero-order valence-corrected chi connectivity index (χ0v) is 12.0. The minimum Gasteiger partial charge on any atom is -0.393 e. The molecular weight excluding hydrogens is 309 g/mol. The number of aromatic nitrogens is 3. The maximum absolute atomic E-state index is 14.1. The van der Waals surface area contributed by atoms with Crippen molar-refractivity contribution in [3.05, 3.63) is 34.3 Å². The van der Waals surface area contributed by atoms with E-state index in [-0.39, 0.29) is 17.0 Å². The van der Waals surface area contributed by atoms with Crippen LogP contribution in [0.15, 0.2) is 17.5 Å². The number of hydrogen-bond donors (Lipinski definition) is 3. The molecular formula is C12H14FN7O3. The number of nitrogens with two attached hydrogens (primary N) is 1. The van der Waals surface area contributed by atoms with Gasteiger partial charge in [0.2, 0.25) is 0 Å². The van der Waals surface area contributed by atoms with Crippen molar-refractivity contribution in [3.63, 3.8) is 0 Å². The fraction of sp³-hybridized carbons (Fsp3) is 0.500. The van der Waals surface area contributed by atoms with Crippen LogP contribution in [0.2, 0.25) is 0 Å². The van der Waals surface area contributed by atoms with Gasteiger partial charge in [-0.3, -0.25) is 0 Å². The number of nitrogens with zero attached hydrogens (tertiary/aromatic N) is 6. The average molecular weight is 323 g/mol. The van der Waals surface area contributed by atoms with Crippen molar-refractivity contribution >= 4 is 11.3 Å². The topological polar surface area (TPSA) is 155 Å². The highest BCUT2D eigenvalue weighted by Gasteiger charge is 2.53. The lowest BCUT2D eigenvalue weighted by Crippen LogP contribution is -2.37. The van der Waals surface area contributed by atoms with Crippen molar-refractivity contribution in [1.82, 2.24) is 14.6 Å². The van der Waals surface area contributed by atoms with Crippen molar-refractivity contribution in [2.75, 3.05) is 12.3 Å². The summed E-state index contributed by atoms with van der Waals surface area (Å²) in [5.74, 6) is -1.46. The van der Waals surface area contributed by atoms with Crippen LogP contribution in [0.1, 0.15) is 18.7 Å². The first kappa shape index (κ1) is 15.4. The fourth-order valence-corrected chi connectivity index (χ4v) is 2.81. The SMILES string of the molecule is C[C@H]1[C@H](O)[C@H](c2cc(F)c3c(N)ncnn23)O[C@@]1(CO)N=[N+]=[N-]. The molecule has 3 rings (SSSR count). The summed E-state index contributed by atoms with van der Waals surface area (Å²) in [4.78, 5) is 6.37. The molecule has 2 aromatic heterocycles. The summed E-state index contributed by atoms with van der Waals surface area (Å²) in [5, 5.41) is 27.3. The normalized spacial score (nSPS) is 30.5. The lowest BCUT2D eigenvalue weighted by molar-refractivity contribution is -0.0883. The van der Waals surface area contributed by atoms with Crippen LogP contribution >= 0.6 is 0 Å². The van der Waals surface area contributed by atoms with E-state index < -0.39 is 36.3 Å². The van der Waals surface area contributed by atoms with Gasteiger partial charge in [-0.05, 0) is 5.53 Å². The lowest BCUT2D eigenvalue weighted by Gasteiger charge is -2.24. The van der Waals surface area contributed by atoms with Gasteiger partial charge in [0, 0.05) is 16.9 Å². The molecule has 0 aliphatic carbocycles. The van der Waals surface area contributed by atoms with Crippen molar-refractivity contribution < 1.29 is 19.3 Å². The molecule has 11 heteroatoms. The van der Waals surface area contributed by atoms with Gasteiger partial charge in [0.15, 0.2) is 17.4 Å². The van der Waals surface area contributed by atoms with Gasteiger partial charge in [-0.15, -0.1) is 0 Å². The number of hydrogen-bond acceptors (Lipinski definition) is 7. The zero-order valence-electron chi connectivity index (χ0n) is 12.0. The molecule has 1 saturated heterocycles. The van der Waals surface area contributed by atoms with E-state index in [4.69, 9.17) is 16.0 Å². The Bertz CT molecular complexity index is 805. The molecule has 10 nitrogen and oxygen atoms in total. The molecule has 0 unspecified atom stereocenters. The molecule has 0 amide bonds. The molecule has 122 valence electrons. The average Bonchev–Trinajstić information content (AvgIpc) is 2.99. The summed E-state index contributed by atoms with van der Waals surface area (Å²) in [7, 11) is 0. The summed E-state index contributed by atoms with van der Waals surface area (Å²) in [5.41, 5.74) is 12.8. The highest BCUT2D eigenvalue weighted by molar-refractivity contribution is 5.66. The first-order chi connectivity index (χ1) is 10.9. The Balaban J connectivity index is 2.13. The molecule has 1 aliphatic rings. The van der Waals surface area contributed by atoms with E-state index in [9.17, 15) is 14.6 Å². The second-order valence-electron chi connectivity index (χ2n) is 5.33. The molecule has 0 bridgehead atoms. The van der Waals surface area contributed by atoms with Gasteiger partial charge in [-0.1, -0.05) is 12.0 Å². The number of aliphatic hydroxyl groups excluding tert-OH is 2. The van der Waals surface area contributed by atoms with Crippen LogP contribution in [0.3, 0.4) is 0 Å². The van der Waals surface area contributed by atoms with Crippen LogP contribution in [0.25, 0.3) is 16.0 Å². The van der Waals surface area contributed by atoms with Crippen LogP contribution in [0.5, 0.6) is 0 Å². The maximum Gasteiger partial charge on any atom is 0.175 e. The summed E-state index contributed by atoms with van der Waals surface area (Å²) < 4.78 is 20.9. The molecule has 1 fully saturated rings. The molecule has 0 saturated carbocycles. The van der Waals surface area contributed by atoms with Crippen molar-refractivity contribution in [3.8, 4) is 0 Å². The number of fused-ring (bicyclic) bond motifs is 1. The molecule has 0 aromatic carbocycles. The highest BCUT2D eigenvalue weighted by atomic mass is 19.1. The van der Waals surface area contributed by atoms with E-state index in [1.807, 2.05) is 0 Å². The number of anilines is 1. The molecule has 4 N–H and O–H groups in total. The van der Waals surface area contributed by atoms with E-state index in [0.29, 0.717) is 0 Å². The monoisotopic (exact) mass is 323 g/mol. The minimum absolute atomic E-state index is 0.0452. The summed E-state index contributed by atoms with van der Waals surface area (Å²) in [6, 6.07) is 1.12. The lowest BCUT2D eigenvalue weighted by atomic mass is 9.93. The molecule has 2 aromatic rings. The Labute approximate surface area is 128 Å². The van der Waals surface area contributed by atoms with E-state index >= 15 is 0 Å². The van der Waals surface area contributed by atoms with Crippen LogP contribution in [0.4, 0.5) is 10.2 Å². The van der Waals surface area contributed by atoms with Gasteiger partial charge < -0.3 is 20.7 Å². The highest BCUT2D eigenvalue weighted by Crippen LogP contribution is 2.45. The van der Waals surface area contributed by atoms with E-state index in [1.165, 1.54) is 4.52 Å². The first-order valence-electron chi connectivity index (χ1n) is 6.76. The van der Waals surface area contributed by atoms with Crippen LogP contribution in [-0.2, 0) is 4.74 Å². The molecule has 0 spiro atoms. The summed E-state index contributed by atoms with van der Waals surface area (Å²) in [6.45, 7) is 0.930. The Hall–Kier alpha value is -2.46. The number of halogens is 1. The molecule has 3 heterocycles. The van der Waals surface area contributed by atoms with E-state index in [1.54, 1.807) is 6.92 Å². The summed E-state index contributed by atoms with van der Waals surface area (Å²) in [6.07, 6.45) is -1.07. The third-order valence-corrected chi connectivity index (χ3v) is 4.16. The number of aliphatic hydroxyl groups is 2. The molecule has 23 heavy (non-hydrogen) atoms. The maximum atomic E-state index is 14.1. The number of nitrogen functional groups attached to an aromatic ring is 1. The Kier molecular flexibility index (Phi) is 3.57. The van der Waals surface area contributed by atoms with Gasteiger partial charge in [0.05, 0.1) is 18.4 Å². The second kappa shape index (κ2) is 5.32. The van der Waals surface area contributed by atoms with Gasteiger partial charge in [-0.25, -0.2) is 13.9 Å². The number of azide groups is 1. The molecule has 4 atom stereocenters. The second-order valence-corrected chi connectivity index (χ2v) is 5.33. The largest absolute Gasteiger partial charge is 0.393 e. The number of rotatable bonds is 3. The third-order valence-electron chi connectivity index (χ3n) is 4.16. The van der Waals surface area contributed by atoms with Crippen molar-refractivity contribution in [1.29, 1.82) is 0 Å². The summed E-state index contributed by atoms with van der Waals surface area (Å²) >= 11 is 0. The van der Waals surface area contributed by atoms with Crippen LogP contribution in [-0.4, -0.2) is 43.2 Å². The van der Waals surface area contributed by atoms with Gasteiger partial charge >= 0.3 is 0 Å². The van der Waals surface area contributed by atoms with Crippen molar-refractivity contribution in [2.45, 2.75) is 24.9 Å². The third kappa shape index (κ3) is 2.10. The fourth-order valence-electron chi connectivity index (χ4n) is 2.81. The smallest absolute Gasteiger partial charge is 0.175 e. The van der Waals surface area contributed by atoms with Crippen LogP contribution in [0, 0.1) is 11.7 Å². The standard InChI is InChI=1S/C12H14FN7O3/c1-5-9(22)10(23-12(5,3-21)18-19-15)7-2-6(13)8-11(14)16-4-17-20(7)8/h2,4-5,9-10,21-22H,3H2,1H3,(H2,14,16,17)/t5-,9-,10-,12+/m0/s1. The predicted molar refractivity (Wildman–Crippen MR) is 75.3 cm³/mol. The van der Waals surface area contributed by atoms with E-state index in [2.05, 4.69) is 20.1 Å². The minimum atomic E-state index is -1.64. The van der Waals surface area contributed by atoms with Gasteiger partial charge in [-0.2, -0.15) is 5.10 Å². The Morgan fingerprint density at radius 3 is 3.04 bits per heavy atom. The molecule has 0 radical (unpaired) electrons. The van der Waals surface area contributed by atoms with E-state index in [0.717, 1.165) is 12.4 Å². The zero-order chi connectivity index (χ0) is 16.8. The molecule has 1 aliphatic heterocycles. The Morgan fingerprint density at radius 1 is 1.65 bits per heavy atom. The van der Waals surface area contributed by atoms with Crippen LogP contribution < -0.4 is 5.73 Å².